The van der Waals surface area contributed by atoms with Gasteiger partial charge in [-0.15, -0.1) is 0 Å². The van der Waals surface area contributed by atoms with Crippen LogP contribution in [0.1, 0.15) is 30.1 Å². The maximum absolute atomic E-state index is 12.6. The molecule has 0 N–H and O–H groups in total. The summed E-state index contributed by atoms with van der Waals surface area (Å²) >= 11 is 0. The molecule has 7 nitrogen and oxygen atoms in total. The minimum Gasteiger partial charge on any atom is -0.379 e. The highest BCUT2D eigenvalue weighted by molar-refractivity contribution is 7.86. The first-order chi connectivity index (χ1) is 10.6. The number of rotatable bonds is 3. The van der Waals surface area contributed by atoms with E-state index in [-0.39, 0.29) is 0 Å². The lowest BCUT2D eigenvalue weighted by atomic mass is 9.95. The quantitative estimate of drug-likeness (QED) is 0.810. The smallest absolute Gasteiger partial charge is 0.282 e. The molecule has 8 heteroatoms. The van der Waals surface area contributed by atoms with Crippen molar-refractivity contribution in [1.29, 1.82) is 0 Å². The average Bonchev–Trinajstić information content (AvgIpc) is 2.56. The molecule has 3 rings (SSSR count). The number of hydrogen-bond donors (Lipinski definition) is 0. The number of nitrogens with zero attached hydrogens (tertiary/aromatic N) is 4. The lowest BCUT2D eigenvalue weighted by Gasteiger charge is -2.35. The molecule has 0 aliphatic carbocycles. The molecule has 1 aromatic rings. The van der Waals surface area contributed by atoms with Crippen molar-refractivity contribution in [2.45, 2.75) is 25.7 Å². The van der Waals surface area contributed by atoms with Crippen LogP contribution in [0.4, 0.5) is 0 Å². The number of morpholine rings is 1. The topological polar surface area (TPSA) is 75.6 Å². The first-order valence-corrected chi connectivity index (χ1v) is 9.08. The monoisotopic (exact) mass is 326 g/mol. The second-order valence-electron chi connectivity index (χ2n) is 5.78. The summed E-state index contributed by atoms with van der Waals surface area (Å²) in [6.07, 6.45) is 5.12. The number of piperidine rings is 1. The summed E-state index contributed by atoms with van der Waals surface area (Å²) in [7, 11) is -3.35. The van der Waals surface area contributed by atoms with Crippen LogP contribution < -0.4 is 0 Å². The van der Waals surface area contributed by atoms with Gasteiger partial charge in [-0.1, -0.05) is 0 Å². The van der Waals surface area contributed by atoms with E-state index in [1.54, 1.807) is 16.7 Å². The molecule has 0 unspecified atom stereocenters. The van der Waals surface area contributed by atoms with E-state index in [9.17, 15) is 8.42 Å². The van der Waals surface area contributed by atoms with Crippen LogP contribution in [0.2, 0.25) is 0 Å². The summed E-state index contributed by atoms with van der Waals surface area (Å²) in [5.74, 6) is 0.295. The molecule has 0 radical (unpaired) electrons. The minimum absolute atomic E-state index is 0.295. The Balaban J connectivity index is 1.63. The van der Waals surface area contributed by atoms with Gasteiger partial charge in [0.2, 0.25) is 0 Å². The van der Waals surface area contributed by atoms with Gasteiger partial charge in [0.1, 0.15) is 0 Å². The summed E-state index contributed by atoms with van der Waals surface area (Å²) in [5, 5.41) is 0. The van der Waals surface area contributed by atoms with Crippen LogP contribution in [0.15, 0.2) is 12.4 Å². The van der Waals surface area contributed by atoms with Crippen molar-refractivity contribution < 1.29 is 13.2 Å². The van der Waals surface area contributed by atoms with Crippen molar-refractivity contribution in [2.24, 2.45) is 0 Å². The molecule has 2 fully saturated rings. The standard InChI is InChI=1S/C14H22N4O3S/c1-12-10-15-11-14(16-12)13-2-4-17(5-3-13)22(19,20)18-6-8-21-9-7-18/h10-11,13H,2-9H2,1H3. The van der Waals surface area contributed by atoms with Gasteiger partial charge in [0, 0.05) is 44.5 Å². The van der Waals surface area contributed by atoms with Crippen molar-refractivity contribution in [2.75, 3.05) is 39.4 Å². The van der Waals surface area contributed by atoms with Crippen LogP contribution in [0.3, 0.4) is 0 Å². The molecule has 3 heterocycles. The first-order valence-electron chi connectivity index (χ1n) is 7.69. The minimum atomic E-state index is -3.35. The molecule has 122 valence electrons. The Morgan fingerprint density at radius 3 is 2.36 bits per heavy atom. The molecule has 0 atom stereocenters. The van der Waals surface area contributed by atoms with Gasteiger partial charge in [-0.2, -0.15) is 17.0 Å². The van der Waals surface area contributed by atoms with Gasteiger partial charge in [0.25, 0.3) is 10.2 Å². The highest BCUT2D eigenvalue weighted by Crippen LogP contribution is 2.28. The third-order valence-corrected chi connectivity index (χ3v) is 6.30. The van der Waals surface area contributed by atoms with E-state index in [2.05, 4.69) is 9.97 Å². The van der Waals surface area contributed by atoms with Crippen LogP contribution in [0, 0.1) is 6.92 Å². The van der Waals surface area contributed by atoms with Crippen LogP contribution in [-0.4, -0.2) is 66.4 Å². The van der Waals surface area contributed by atoms with Crippen molar-refractivity contribution in [1.82, 2.24) is 18.6 Å². The summed E-state index contributed by atoms with van der Waals surface area (Å²) in [6, 6.07) is 0. The molecule has 0 amide bonds. The van der Waals surface area contributed by atoms with Crippen molar-refractivity contribution in [3.05, 3.63) is 23.8 Å². The summed E-state index contributed by atoms with van der Waals surface area (Å²) in [6.45, 7) is 4.87. The van der Waals surface area contributed by atoms with Crippen LogP contribution in [0.5, 0.6) is 0 Å². The summed E-state index contributed by atoms with van der Waals surface area (Å²) < 4.78 is 33.6. The number of ether oxygens (including phenoxy) is 1. The predicted molar refractivity (Wildman–Crippen MR) is 81.6 cm³/mol. The van der Waals surface area contributed by atoms with E-state index in [1.165, 1.54) is 4.31 Å². The number of aromatic nitrogens is 2. The maximum atomic E-state index is 12.6. The average molecular weight is 326 g/mol. The van der Waals surface area contributed by atoms with E-state index in [1.807, 2.05) is 6.92 Å². The zero-order valence-electron chi connectivity index (χ0n) is 12.8. The van der Waals surface area contributed by atoms with E-state index in [0.29, 0.717) is 45.3 Å². The molecule has 22 heavy (non-hydrogen) atoms. The molecule has 0 aromatic carbocycles. The third kappa shape index (κ3) is 3.29. The fourth-order valence-electron chi connectivity index (χ4n) is 3.00. The highest BCUT2D eigenvalue weighted by atomic mass is 32.2. The van der Waals surface area contributed by atoms with Gasteiger partial charge in [-0.05, 0) is 19.8 Å². The molecule has 0 spiro atoms. The molecule has 0 bridgehead atoms. The lowest BCUT2D eigenvalue weighted by molar-refractivity contribution is 0.0696. The van der Waals surface area contributed by atoms with E-state index >= 15 is 0 Å². The Labute approximate surface area is 131 Å². The fraction of sp³-hybridized carbons (Fsp3) is 0.714. The van der Waals surface area contributed by atoms with Gasteiger partial charge in [0.15, 0.2) is 0 Å². The van der Waals surface area contributed by atoms with E-state index in [4.69, 9.17) is 4.74 Å². The second kappa shape index (κ2) is 6.57. The van der Waals surface area contributed by atoms with Gasteiger partial charge in [-0.3, -0.25) is 9.97 Å². The molecular weight excluding hydrogens is 304 g/mol. The van der Waals surface area contributed by atoms with Crippen molar-refractivity contribution in [3.63, 3.8) is 0 Å². The predicted octanol–water partition coefficient (Wildman–Crippen LogP) is 0.541. The Morgan fingerprint density at radius 2 is 1.73 bits per heavy atom. The number of aryl methyl sites for hydroxylation is 1. The molecule has 2 saturated heterocycles. The SMILES string of the molecule is Cc1cncc(C2CCN(S(=O)(=O)N3CCOCC3)CC2)n1. The zero-order valence-corrected chi connectivity index (χ0v) is 13.6. The molecule has 2 aliphatic heterocycles. The van der Waals surface area contributed by atoms with Gasteiger partial charge >= 0.3 is 0 Å². The number of hydrogen-bond acceptors (Lipinski definition) is 5. The highest BCUT2D eigenvalue weighted by Gasteiger charge is 2.34. The van der Waals surface area contributed by atoms with E-state index < -0.39 is 10.2 Å². The molecular formula is C14H22N4O3S. The van der Waals surface area contributed by atoms with Crippen LogP contribution >= 0.6 is 0 Å². The van der Waals surface area contributed by atoms with Crippen molar-refractivity contribution in [3.8, 4) is 0 Å². The molecule has 1 aromatic heterocycles. The van der Waals surface area contributed by atoms with Gasteiger partial charge < -0.3 is 4.74 Å². The normalized spacial score (nSPS) is 22.8. The van der Waals surface area contributed by atoms with Gasteiger partial charge in [-0.25, -0.2) is 0 Å². The Morgan fingerprint density at radius 1 is 1.09 bits per heavy atom. The summed E-state index contributed by atoms with van der Waals surface area (Å²) in [4.78, 5) is 8.70. The largest absolute Gasteiger partial charge is 0.379 e. The molecule has 2 aliphatic rings. The summed E-state index contributed by atoms with van der Waals surface area (Å²) in [5.41, 5.74) is 1.88. The Kier molecular flexibility index (Phi) is 4.72. The maximum Gasteiger partial charge on any atom is 0.282 e. The second-order valence-corrected chi connectivity index (χ2v) is 7.71. The lowest BCUT2D eigenvalue weighted by Crippen LogP contribution is -2.50. The fourth-order valence-corrected chi connectivity index (χ4v) is 4.61. The van der Waals surface area contributed by atoms with Crippen LogP contribution in [-0.2, 0) is 14.9 Å². The Hall–Kier alpha value is -1.09. The third-order valence-electron chi connectivity index (χ3n) is 4.27. The van der Waals surface area contributed by atoms with Crippen molar-refractivity contribution >= 4 is 10.2 Å². The zero-order chi connectivity index (χ0) is 15.6. The van der Waals surface area contributed by atoms with E-state index in [0.717, 1.165) is 24.2 Å². The van der Waals surface area contributed by atoms with Gasteiger partial charge in [0.05, 0.1) is 24.6 Å². The molecule has 0 saturated carbocycles. The first kappa shape index (κ1) is 15.8. The Bertz CT molecular complexity index is 608. The van der Waals surface area contributed by atoms with Crippen LogP contribution in [0.25, 0.3) is 0 Å².